The molecule has 0 spiro atoms. The van der Waals surface area contributed by atoms with Crippen LogP contribution in [0.15, 0.2) is 24.3 Å². The van der Waals surface area contributed by atoms with E-state index in [2.05, 4.69) is 9.97 Å². The van der Waals surface area contributed by atoms with Crippen LogP contribution < -0.4 is 5.73 Å². The normalized spacial score (nSPS) is 19.9. The molecule has 1 aromatic carbocycles. The molecule has 3 rings (SSSR count). The number of nitrogens with zero attached hydrogens (tertiary/aromatic N) is 2. The Morgan fingerprint density at radius 1 is 1.44 bits per heavy atom. The minimum absolute atomic E-state index is 0.00632. The van der Waals surface area contributed by atoms with Gasteiger partial charge in [-0.2, -0.15) is 0 Å². The molecule has 0 aliphatic carbocycles. The molecule has 0 saturated carbocycles. The van der Waals surface area contributed by atoms with Gasteiger partial charge in [0.1, 0.15) is 5.82 Å². The van der Waals surface area contributed by atoms with Gasteiger partial charge in [0.15, 0.2) is 0 Å². The van der Waals surface area contributed by atoms with E-state index in [0.29, 0.717) is 19.5 Å². The van der Waals surface area contributed by atoms with Gasteiger partial charge < -0.3 is 15.6 Å². The first-order valence-corrected chi connectivity index (χ1v) is 6.19. The van der Waals surface area contributed by atoms with Gasteiger partial charge in [-0.3, -0.25) is 4.79 Å². The standard InChI is InChI=1S/C13H16N4O/c14-9-7-13(18)17(8-9)6-5-12-15-10-3-1-2-4-11(10)16-12/h1-4,9H,5-8,14H2,(H,15,16). The molecule has 94 valence electrons. The van der Waals surface area contributed by atoms with Gasteiger partial charge in [0, 0.05) is 32.0 Å². The van der Waals surface area contributed by atoms with Gasteiger partial charge in [-0.05, 0) is 12.1 Å². The maximum atomic E-state index is 11.6. The molecule has 18 heavy (non-hydrogen) atoms. The number of benzene rings is 1. The summed E-state index contributed by atoms with van der Waals surface area (Å²) in [4.78, 5) is 21.2. The summed E-state index contributed by atoms with van der Waals surface area (Å²) in [6.07, 6.45) is 1.22. The van der Waals surface area contributed by atoms with E-state index in [0.717, 1.165) is 23.3 Å². The predicted octanol–water partition coefficient (Wildman–Crippen LogP) is 0.665. The number of H-pyrrole nitrogens is 1. The highest BCUT2D eigenvalue weighted by Crippen LogP contribution is 2.13. The smallest absolute Gasteiger partial charge is 0.224 e. The van der Waals surface area contributed by atoms with Crippen LogP contribution in [0.3, 0.4) is 0 Å². The topological polar surface area (TPSA) is 75.0 Å². The Balaban J connectivity index is 1.68. The van der Waals surface area contributed by atoms with Crippen molar-refractivity contribution < 1.29 is 4.79 Å². The molecular weight excluding hydrogens is 228 g/mol. The van der Waals surface area contributed by atoms with E-state index in [1.165, 1.54) is 0 Å². The fourth-order valence-electron chi connectivity index (χ4n) is 2.38. The number of likely N-dealkylation sites (tertiary alicyclic amines) is 1. The Morgan fingerprint density at radius 2 is 2.28 bits per heavy atom. The summed E-state index contributed by atoms with van der Waals surface area (Å²) in [7, 11) is 0. The first-order valence-electron chi connectivity index (χ1n) is 6.19. The number of nitrogens with one attached hydrogen (secondary N) is 1. The van der Waals surface area contributed by atoms with Crippen LogP contribution in [0.4, 0.5) is 0 Å². The van der Waals surface area contributed by atoms with E-state index in [9.17, 15) is 4.79 Å². The summed E-state index contributed by atoms with van der Waals surface area (Å²) in [5, 5.41) is 0. The number of carbonyl (C=O) groups excluding carboxylic acids is 1. The third kappa shape index (κ3) is 2.09. The molecule has 1 atom stereocenters. The first-order chi connectivity index (χ1) is 8.72. The van der Waals surface area contributed by atoms with Crippen molar-refractivity contribution in [1.82, 2.24) is 14.9 Å². The lowest BCUT2D eigenvalue weighted by atomic mass is 10.3. The molecule has 2 heterocycles. The van der Waals surface area contributed by atoms with Crippen LogP contribution in [0, 0.1) is 0 Å². The van der Waals surface area contributed by atoms with Crippen LogP contribution in [0.2, 0.25) is 0 Å². The summed E-state index contributed by atoms with van der Waals surface area (Å²) < 4.78 is 0. The van der Waals surface area contributed by atoms with Crippen LogP contribution in [0.5, 0.6) is 0 Å². The lowest BCUT2D eigenvalue weighted by Gasteiger charge is -2.14. The molecule has 0 bridgehead atoms. The van der Waals surface area contributed by atoms with Crippen LogP contribution in [-0.4, -0.2) is 39.9 Å². The number of para-hydroxylation sites is 2. The average Bonchev–Trinajstić information content (AvgIpc) is 2.89. The van der Waals surface area contributed by atoms with Crippen molar-refractivity contribution in [3.63, 3.8) is 0 Å². The maximum absolute atomic E-state index is 11.6. The Morgan fingerprint density at radius 3 is 3.00 bits per heavy atom. The number of aromatic nitrogens is 2. The number of rotatable bonds is 3. The van der Waals surface area contributed by atoms with E-state index >= 15 is 0 Å². The lowest BCUT2D eigenvalue weighted by Crippen LogP contribution is -2.30. The summed E-state index contributed by atoms with van der Waals surface area (Å²) in [6, 6.07) is 7.92. The maximum Gasteiger partial charge on any atom is 0.224 e. The molecule has 1 fully saturated rings. The van der Waals surface area contributed by atoms with Crippen molar-refractivity contribution in [1.29, 1.82) is 0 Å². The Labute approximate surface area is 105 Å². The number of hydrogen-bond donors (Lipinski definition) is 2. The molecule has 0 radical (unpaired) electrons. The third-order valence-corrected chi connectivity index (χ3v) is 3.30. The molecule has 1 aromatic heterocycles. The zero-order valence-electron chi connectivity index (χ0n) is 10.1. The van der Waals surface area contributed by atoms with Crippen molar-refractivity contribution in [2.45, 2.75) is 18.9 Å². The van der Waals surface area contributed by atoms with E-state index in [-0.39, 0.29) is 11.9 Å². The van der Waals surface area contributed by atoms with Crippen molar-refractivity contribution in [3.05, 3.63) is 30.1 Å². The number of carbonyl (C=O) groups is 1. The lowest BCUT2D eigenvalue weighted by molar-refractivity contribution is -0.127. The van der Waals surface area contributed by atoms with E-state index in [4.69, 9.17) is 5.73 Å². The molecular formula is C13H16N4O. The molecule has 3 N–H and O–H groups in total. The predicted molar refractivity (Wildman–Crippen MR) is 69.0 cm³/mol. The quantitative estimate of drug-likeness (QED) is 0.833. The number of imidazole rings is 1. The van der Waals surface area contributed by atoms with Gasteiger partial charge in [-0.15, -0.1) is 0 Å². The zero-order chi connectivity index (χ0) is 12.5. The minimum Gasteiger partial charge on any atom is -0.342 e. The SMILES string of the molecule is NC1CC(=O)N(CCc2nc3ccccc3[nH]2)C1. The van der Waals surface area contributed by atoms with Crippen LogP contribution in [0.25, 0.3) is 11.0 Å². The second-order valence-electron chi connectivity index (χ2n) is 4.75. The highest BCUT2D eigenvalue weighted by Gasteiger charge is 2.26. The second-order valence-corrected chi connectivity index (χ2v) is 4.75. The van der Waals surface area contributed by atoms with Crippen molar-refractivity contribution in [3.8, 4) is 0 Å². The van der Waals surface area contributed by atoms with Gasteiger partial charge in [0.2, 0.25) is 5.91 Å². The molecule has 5 nitrogen and oxygen atoms in total. The summed E-state index contributed by atoms with van der Waals surface area (Å²) >= 11 is 0. The number of hydrogen-bond acceptors (Lipinski definition) is 3. The Kier molecular flexibility index (Phi) is 2.76. The Hall–Kier alpha value is -1.88. The first kappa shape index (κ1) is 11.2. The number of amides is 1. The van der Waals surface area contributed by atoms with Crippen molar-refractivity contribution >= 4 is 16.9 Å². The largest absolute Gasteiger partial charge is 0.342 e. The number of fused-ring (bicyclic) bond motifs is 1. The molecule has 1 amide bonds. The van der Waals surface area contributed by atoms with Crippen LogP contribution >= 0.6 is 0 Å². The molecule has 1 aliphatic heterocycles. The highest BCUT2D eigenvalue weighted by atomic mass is 16.2. The summed E-state index contributed by atoms with van der Waals surface area (Å²) in [5.41, 5.74) is 7.77. The second kappa shape index (κ2) is 4.42. The Bertz CT molecular complexity index is 544. The van der Waals surface area contributed by atoms with E-state index in [1.54, 1.807) is 0 Å². The minimum atomic E-state index is -0.00632. The van der Waals surface area contributed by atoms with Crippen molar-refractivity contribution in [2.75, 3.05) is 13.1 Å². The van der Waals surface area contributed by atoms with Gasteiger partial charge >= 0.3 is 0 Å². The van der Waals surface area contributed by atoms with E-state index < -0.39 is 0 Å². The molecule has 1 aliphatic rings. The van der Waals surface area contributed by atoms with Crippen LogP contribution in [-0.2, 0) is 11.2 Å². The average molecular weight is 244 g/mol. The van der Waals surface area contributed by atoms with Crippen LogP contribution in [0.1, 0.15) is 12.2 Å². The van der Waals surface area contributed by atoms with E-state index in [1.807, 2.05) is 29.2 Å². The van der Waals surface area contributed by atoms with Gasteiger partial charge in [-0.1, -0.05) is 12.1 Å². The molecule has 5 heteroatoms. The fraction of sp³-hybridized carbons (Fsp3) is 0.385. The molecule has 1 saturated heterocycles. The fourth-order valence-corrected chi connectivity index (χ4v) is 2.38. The van der Waals surface area contributed by atoms with Gasteiger partial charge in [0.05, 0.1) is 11.0 Å². The van der Waals surface area contributed by atoms with Gasteiger partial charge in [-0.25, -0.2) is 4.98 Å². The number of nitrogens with two attached hydrogens (primary N) is 1. The molecule has 1 unspecified atom stereocenters. The number of aromatic amines is 1. The monoisotopic (exact) mass is 244 g/mol. The highest BCUT2D eigenvalue weighted by molar-refractivity contribution is 5.79. The zero-order valence-corrected chi connectivity index (χ0v) is 10.1. The molecule has 2 aromatic rings. The third-order valence-electron chi connectivity index (χ3n) is 3.30. The van der Waals surface area contributed by atoms with Crippen molar-refractivity contribution in [2.24, 2.45) is 5.73 Å². The van der Waals surface area contributed by atoms with Gasteiger partial charge in [0.25, 0.3) is 0 Å². The summed E-state index contributed by atoms with van der Waals surface area (Å²) in [5.74, 6) is 1.07. The summed E-state index contributed by atoms with van der Waals surface area (Å²) in [6.45, 7) is 1.35.